The van der Waals surface area contributed by atoms with E-state index in [0.717, 1.165) is 23.9 Å². The molecule has 2 unspecified atom stereocenters. The van der Waals surface area contributed by atoms with Crippen molar-refractivity contribution in [3.63, 3.8) is 0 Å². The van der Waals surface area contributed by atoms with E-state index >= 15 is 0 Å². The summed E-state index contributed by atoms with van der Waals surface area (Å²) >= 11 is 3.74. The number of thioether (sulfide) groups is 1. The number of hydrogen-bond donors (Lipinski definition) is 2. The molecule has 2 atom stereocenters. The standard InChI is InChI=1S/C12H13BrF2O3S/c1-6(16)19-3-2-10(17)12(18)7-4-8(14)11(13)9(15)5-7/h4-5,10,12,17-18H,2-3H2,1H3. The highest BCUT2D eigenvalue weighted by Crippen LogP contribution is 2.27. The summed E-state index contributed by atoms with van der Waals surface area (Å²) in [6, 6.07) is 1.92. The van der Waals surface area contributed by atoms with Gasteiger partial charge in [0.25, 0.3) is 0 Å². The van der Waals surface area contributed by atoms with E-state index in [9.17, 15) is 23.8 Å². The SMILES string of the molecule is CC(=O)SCCC(O)C(O)c1cc(F)c(Br)c(F)c1. The highest BCUT2D eigenvalue weighted by Gasteiger charge is 2.21. The molecular formula is C12H13BrF2O3S. The number of aliphatic hydroxyl groups excluding tert-OH is 2. The molecule has 0 aromatic heterocycles. The molecule has 2 N–H and O–H groups in total. The Morgan fingerprint density at radius 3 is 2.37 bits per heavy atom. The van der Waals surface area contributed by atoms with Gasteiger partial charge in [-0.15, -0.1) is 0 Å². The van der Waals surface area contributed by atoms with Gasteiger partial charge in [0.05, 0.1) is 10.6 Å². The van der Waals surface area contributed by atoms with E-state index in [-0.39, 0.29) is 21.6 Å². The molecule has 1 aromatic carbocycles. The first kappa shape index (κ1) is 16.6. The summed E-state index contributed by atoms with van der Waals surface area (Å²) in [6.07, 6.45) is -2.44. The molecule has 106 valence electrons. The van der Waals surface area contributed by atoms with Gasteiger partial charge in [-0.2, -0.15) is 0 Å². The first-order valence-electron chi connectivity index (χ1n) is 5.47. The normalized spacial score (nSPS) is 14.2. The average Bonchev–Trinajstić information content (AvgIpc) is 2.33. The monoisotopic (exact) mass is 354 g/mol. The Kier molecular flexibility index (Phi) is 6.38. The van der Waals surface area contributed by atoms with Crippen LogP contribution in [0.3, 0.4) is 0 Å². The van der Waals surface area contributed by atoms with Crippen LogP contribution < -0.4 is 0 Å². The second kappa shape index (κ2) is 7.33. The second-order valence-electron chi connectivity index (χ2n) is 3.94. The minimum atomic E-state index is -1.40. The van der Waals surface area contributed by atoms with Crippen LogP contribution in [0.25, 0.3) is 0 Å². The van der Waals surface area contributed by atoms with Crippen LogP contribution in [0.1, 0.15) is 25.0 Å². The number of carbonyl (C=O) groups excluding carboxylic acids is 1. The molecule has 0 fully saturated rings. The molecule has 0 saturated carbocycles. The van der Waals surface area contributed by atoms with Gasteiger partial charge in [-0.3, -0.25) is 4.79 Å². The Balaban J connectivity index is 2.71. The van der Waals surface area contributed by atoms with E-state index in [4.69, 9.17) is 0 Å². The summed E-state index contributed by atoms with van der Waals surface area (Å²) in [5.74, 6) is -1.37. The molecular weight excluding hydrogens is 342 g/mol. The van der Waals surface area contributed by atoms with Crippen LogP contribution in [0.15, 0.2) is 16.6 Å². The van der Waals surface area contributed by atoms with E-state index < -0.39 is 23.8 Å². The van der Waals surface area contributed by atoms with Crippen LogP contribution in [0.5, 0.6) is 0 Å². The Morgan fingerprint density at radius 1 is 1.37 bits per heavy atom. The molecule has 0 radical (unpaired) electrons. The molecule has 0 amide bonds. The van der Waals surface area contributed by atoms with Crippen LogP contribution in [-0.2, 0) is 4.79 Å². The summed E-state index contributed by atoms with van der Waals surface area (Å²) < 4.78 is 26.3. The van der Waals surface area contributed by atoms with Crippen LogP contribution >= 0.6 is 27.7 Å². The lowest BCUT2D eigenvalue weighted by molar-refractivity contribution is -0.109. The van der Waals surface area contributed by atoms with Gasteiger partial charge in [-0.25, -0.2) is 8.78 Å². The fraction of sp³-hybridized carbons (Fsp3) is 0.417. The molecule has 3 nitrogen and oxygen atoms in total. The maximum Gasteiger partial charge on any atom is 0.185 e. The van der Waals surface area contributed by atoms with Gasteiger partial charge in [-0.05, 0) is 40.0 Å². The van der Waals surface area contributed by atoms with Crippen molar-refractivity contribution in [1.29, 1.82) is 0 Å². The maximum absolute atomic E-state index is 13.3. The lowest BCUT2D eigenvalue weighted by atomic mass is 10.0. The molecule has 0 spiro atoms. The number of halogens is 3. The van der Waals surface area contributed by atoms with E-state index in [1.165, 1.54) is 6.92 Å². The van der Waals surface area contributed by atoms with Gasteiger partial charge in [0.15, 0.2) is 5.12 Å². The number of rotatable bonds is 5. The third kappa shape index (κ3) is 4.83. The van der Waals surface area contributed by atoms with Crippen LogP contribution in [0.2, 0.25) is 0 Å². The molecule has 19 heavy (non-hydrogen) atoms. The van der Waals surface area contributed by atoms with E-state index in [1.807, 2.05) is 0 Å². The third-order valence-electron chi connectivity index (χ3n) is 2.43. The lowest BCUT2D eigenvalue weighted by Gasteiger charge is -2.18. The van der Waals surface area contributed by atoms with Crippen LogP contribution in [0.4, 0.5) is 8.78 Å². The Morgan fingerprint density at radius 2 is 1.89 bits per heavy atom. The molecule has 0 saturated heterocycles. The zero-order chi connectivity index (χ0) is 14.6. The Hall–Kier alpha value is -0.500. The number of benzene rings is 1. The smallest absolute Gasteiger partial charge is 0.185 e. The summed E-state index contributed by atoms with van der Waals surface area (Å²) in [5, 5.41) is 19.4. The van der Waals surface area contributed by atoms with Crippen molar-refractivity contribution in [3.8, 4) is 0 Å². The first-order chi connectivity index (χ1) is 8.82. The minimum absolute atomic E-state index is 0.0430. The van der Waals surface area contributed by atoms with Gasteiger partial charge in [0, 0.05) is 12.7 Å². The van der Waals surface area contributed by atoms with Crippen molar-refractivity contribution in [3.05, 3.63) is 33.8 Å². The summed E-state index contributed by atoms with van der Waals surface area (Å²) in [7, 11) is 0. The Bertz CT molecular complexity index is 447. The van der Waals surface area contributed by atoms with Crippen molar-refractivity contribution in [2.45, 2.75) is 25.6 Å². The second-order valence-corrected chi connectivity index (χ2v) is 6.00. The molecule has 0 bridgehead atoms. The zero-order valence-electron chi connectivity index (χ0n) is 10.1. The summed E-state index contributed by atoms with van der Waals surface area (Å²) in [4.78, 5) is 10.7. The average molecular weight is 355 g/mol. The van der Waals surface area contributed by atoms with Crippen LogP contribution in [-0.4, -0.2) is 27.2 Å². The third-order valence-corrected chi connectivity index (χ3v) is 4.03. The number of carbonyl (C=O) groups is 1. The highest BCUT2D eigenvalue weighted by atomic mass is 79.9. The van der Waals surface area contributed by atoms with Gasteiger partial charge in [0.1, 0.15) is 17.7 Å². The fourth-order valence-electron chi connectivity index (χ4n) is 1.45. The number of hydrogen-bond acceptors (Lipinski definition) is 4. The van der Waals surface area contributed by atoms with Crippen molar-refractivity contribution in [1.82, 2.24) is 0 Å². The van der Waals surface area contributed by atoms with Crippen molar-refractivity contribution < 1.29 is 23.8 Å². The highest BCUT2D eigenvalue weighted by molar-refractivity contribution is 9.10. The summed E-state index contributed by atoms with van der Waals surface area (Å²) in [6.45, 7) is 1.40. The molecule has 0 aliphatic rings. The van der Waals surface area contributed by atoms with Gasteiger partial charge in [-0.1, -0.05) is 11.8 Å². The molecule has 0 aliphatic heterocycles. The predicted molar refractivity (Wildman–Crippen MR) is 72.8 cm³/mol. The Labute approximate surface area is 122 Å². The van der Waals surface area contributed by atoms with E-state index in [0.29, 0.717) is 5.75 Å². The molecule has 0 aliphatic carbocycles. The van der Waals surface area contributed by atoms with Crippen molar-refractivity contribution in [2.24, 2.45) is 0 Å². The first-order valence-corrected chi connectivity index (χ1v) is 7.24. The topological polar surface area (TPSA) is 57.5 Å². The minimum Gasteiger partial charge on any atom is -0.390 e. The molecule has 0 heterocycles. The zero-order valence-corrected chi connectivity index (χ0v) is 12.5. The van der Waals surface area contributed by atoms with Gasteiger partial charge >= 0.3 is 0 Å². The fourth-order valence-corrected chi connectivity index (χ4v) is 2.33. The van der Waals surface area contributed by atoms with Crippen molar-refractivity contribution in [2.75, 3.05) is 5.75 Å². The van der Waals surface area contributed by atoms with E-state index in [1.54, 1.807) is 0 Å². The molecule has 1 aromatic rings. The van der Waals surface area contributed by atoms with Gasteiger partial charge in [0.2, 0.25) is 0 Å². The molecule has 7 heteroatoms. The summed E-state index contributed by atoms with van der Waals surface area (Å²) in [5.41, 5.74) is -0.0430. The quantitative estimate of drug-likeness (QED) is 0.798. The van der Waals surface area contributed by atoms with Gasteiger partial charge < -0.3 is 10.2 Å². The van der Waals surface area contributed by atoms with Crippen LogP contribution in [0, 0.1) is 11.6 Å². The largest absolute Gasteiger partial charge is 0.390 e. The lowest BCUT2D eigenvalue weighted by Crippen LogP contribution is -2.19. The number of aliphatic hydroxyl groups is 2. The van der Waals surface area contributed by atoms with E-state index in [2.05, 4.69) is 15.9 Å². The maximum atomic E-state index is 13.3. The van der Waals surface area contributed by atoms with Crippen molar-refractivity contribution >= 4 is 32.8 Å². The molecule has 1 rings (SSSR count). The predicted octanol–water partition coefficient (Wildman–Crippen LogP) is 2.79.